The number of rotatable bonds is 3. The Bertz CT molecular complexity index is 61.5. The van der Waals surface area contributed by atoms with Crippen molar-refractivity contribution in [3.63, 3.8) is 0 Å². The number of hydrogen-bond acceptors (Lipinski definition) is 1. The minimum atomic E-state index is 0.335. The first-order chi connectivity index (χ1) is 3.62. The summed E-state index contributed by atoms with van der Waals surface area (Å²) in [6.07, 6.45) is 1.24. The zero-order chi connectivity index (χ0) is 6.62. The molecule has 0 saturated heterocycles. The van der Waals surface area contributed by atoms with Crippen molar-refractivity contribution in [2.75, 3.05) is 11.5 Å². The molecule has 50 valence electrons. The average Bonchev–Trinajstić information content (AvgIpc) is 1.67. The molecule has 0 unspecified atom stereocenters. The molecule has 0 aromatic heterocycles. The fraction of sp³-hybridized carbons (Fsp3) is 1.00. The predicted molar refractivity (Wildman–Crippen MR) is 46.6 cm³/mol. The Morgan fingerprint density at radius 2 is 2.00 bits per heavy atom. The summed E-state index contributed by atoms with van der Waals surface area (Å²) in [5, 5.41) is 3.24. The van der Waals surface area contributed by atoms with E-state index < -0.39 is 0 Å². The Morgan fingerprint density at radius 3 is 2.12 bits per heavy atom. The largest absolute Gasteiger partial charge is 0.315 e. The monoisotopic (exact) mass is 227 g/mol. The maximum atomic E-state index is 3.24. The lowest BCUT2D eigenvalue weighted by Crippen LogP contribution is -2.36. The minimum Gasteiger partial charge on any atom is -0.315 e. The molecule has 0 rings (SSSR count). The molecule has 0 saturated carbocycles. The third-order valence-corrected chi connectivity index (χ3v) is 1.94. The summed E-state index contributed by atoms with van der Waals surface area (Å²) in [5.74, 6) is 0. The standard InChI is InChI=1S/C6H14IN/c1-6(2,8-3)4-5-7/h8H,4-5H2,1-3H3. The number of hydrogen-bond donors (Lipinski definition) is 1. The topological polar surface area (TPSA) is 12.0 Å². The molecule has 0 atom stereocenters. The Hall–Kier alpha value is 0.690. The zero-order valence-corrected chi connectivity index (χ0v) is 7.95. The van der Waals surface area contributed by atoms with Gasteiger partial charge in [-0.15, -0.1) is 0 Å². The highest BCUT2D eigenvalue weighted by Crippen LogP contribution is 2.08. The van der Waals surface area contributed by atoms with Crippen LogP contribution >= 0.6 is 22.6 Å². The maximum absolute atomic E-state index is 3.24. The van der Waals surface area contributed by atoms with Gasteiger partial charge in [0, 0.05) is 9.97 Å². The average molecular weight is 227 g/mol. The molecule has 0 aliphatic carbocycles. The molecule has 0 bridgehead atoms. The second-order valence-corrected chi connectivity index (χ2v) is 3.65. The quantitative estimate of drug-likeness (QED) is 0.572. The van der Waals surface area contributed by atoms with E-state index in [4.69, 9.17) is 0 Å². The normalized spacial score (nSPS) is 12.0. The van der Waals surface area contributed by atoms with Crippen molar-refractivity contribution in [2.24, 2.45) is 0 Å². The molecular formula is C6H14IN. The minimum absolute atomic E-state index is 0.335. The van der Waals surface area contributed by atoms with Gasteiger partial charge in [-0.25, -0.2) is 0 Å². The predicted octanol–water partition coefficient (Wildman–Crippen LogP) is 1.81. The van der Waals surface area contributed by atoms with Crippen LogP contribution in [0.5, 0.6) is 0 Å². The van der Waals surface area contributed by atoms with Crippen LogP contribution in [0.25, 0.3) is 0 Å². The molecule has 2 heteroatoms. The molecule has 0 heterocycles. The number of halogens is 1. The molecule has 0 amide bonds. The van der Waals surface area contributed by atoms with E-state index in [-0.39, 0.29) is 0 Å². The van der Waals surface area contributed by atoms with Crippen molar-refractivity contribution in [2.45, 2.75) is 25.8 Å². The van der Waals surface area contributed by atoms with Crippen molar-refractivity contribution >= 4 is 22.6 Å². The van der Waals surface area contributed by atoms with Gasteiger partial charge in [0.15, 0.2) is 0 Å². The van der Waals surface area contributed by atoms with E-state index in [1.54, 1.807) is 0 Å². The van der Waals surface area contributed by atoms with Crippen molar-refractivity contribution in [3.05, 3.63) is 0 Å². The van der Waals surface area contributed by atoms with Crippen LogP contribution in [0.2, 0.25) is 0 Å². The van der Waals surface area contributed by atoms with E-state index in [1.165, 1.54) is 10.8 Å². The third kappa shape index (κ3) is 3.66. The fourth-order valence-corrected chi connectivity index (χ4v) is 1.71. The first-order valence-corrected chi connectivity index (χ1v) is 4.40. The molecule has 0 spiro atoms. The van der Waals surface area contributed by atoms with E-state index >= 15 is 0 Å². The summed E-state index contributed by atoms with van der Waals surface area (Å²) in [4.78, 5) is 0. The van der Waals surface area contributed by atoms with E-state index in [9.17, 15) is 0 Å². The van der Waals surface area contributed by atoms with Gasteiger partial charge in [0.25, 0.3) is 0 Å². The van der Waals surface area contributed by atoms with Crippen molar-refractivity contribution in [1.29, 1.82) is 0 Å². The molecular weight excluding hydrogens is 213 g/mol. The van der Waals surface area contributed by atoms with Gasteiger partial charge in [0.1, 0.15) is 0 Å². The molecule has 1 nitrogen and oxygen atoms in total. The Morgan fingerprint density at radius 1 is 1.50 bits per heavy atom. The first kappa shape index (κ1) is 8.69. The second kappa shape index (κ2) is 3.67. The lowest BCUT2D eigenvalue weighted by atomic mass is 10.0. The van der Waals surface area contributed by atoms with Crippen LogP contribution in [0.15, 0.2) is 0 Å². The number of nitrogens with one attached hydrogen (secondary N) is 1. The Kier molecular flexibility index (Phi) is 3.98. The van der Waals surface area contributed by atoms with Gasteiger partial charge in [-0.05, 0) is 27.3 Å². The van der Waals surface area contributed by atoms with E-state index in [1.807, 2.05) is 7.05 Å². The summed E-state index contributed by atoms with van der Waals surface area (Å²) in [6.45, 7) is 4.43. The lowest BCUT2D eigenvalue weighted by molar-refractivity contribution is 0.416. The summed E-state index contributed by atoms with van der Waals surface area (Å²) in [5.41, 5.74) is 0.335. The summed E-state index contributed by atoms with van der Waals surface area (Å²) >= 11 is 2.40. The summed E-state index contributed by atoms with van der Waals surface area (Å²) in [6, 6.07) is 0. The molecule has 0 radical (unpaired) electrons. The van der Waals surface area contributed by atoms with Gasteiger partial charge in [-0.3, -0.25) is 0 Å². The molecule has 0 fully saturated rings. The smallest absolute Gasteiger partial charge is 0.0129 e. The van der Waals surface area contributed by atoms with Gasteiger partial charge >= 0.3 is 0 Å². The van der Waals surface area contributed by atoms with Gasteiger partial charge in [0.2, 0.25) is 0 Å². The maximum Gasteiger partial charge on any atom is 0.0129 e. The van der Waals surface area contributed by atoms with Crippen molar-refractivity contribution < 1.29 is 0 Å². The van der Waals surface area contributed by atoms with Gasteiger partial charge < -0.3 is 5.32 Å². The van der Waals surface area contributed by atoms with Crippen molar-refractivity contribution in [1.82, 2.24) is 5.32 Å². The van der Waals surface area contributed by atoms with Crippen LogP contribution < -0.4 is 5.32 Å². The zero-order valence-electron chi connectivity index (χ0n) is 5.79. The molecule has 1 N–H and O–H groups in total. The molecule has 8 heavy (non-hydrogen) atoms. The SMILES string of the molecule is CNC(C)(C)CCI. The molecule has 0 aromatic rings. The van der Waals surface area contributed by atoms with E-state index in [2.05, 4.69) is 41.8 Å². The highest BCUT2D eigenvalue weighted by Gasteiger charge is 2.11. The molecule has 0 aliphatic heterocycles. The number of alkyl halides is 1. The van der Waals surface area contributed by atoms with Crippen LogP contribution in [0.1, 0.15) is 20.3 Å². The Labute approximate surface area is 65.4 Å². The fourth-order valence-electron chi connectivity index (χ4n) is 0.361. The Balaban J connectivity index is 3.37. The highest BCUT2D eigenvalue weighted by molar-refractivity contribution is 14.1. The van der Waals surface area contributed by atoms with E-state index in [0.29, 0.717) is 5.54 Å². The highest BCUT2D eigenvalue weighted by atomic mass is 127. The van der Waals surface area contributed by atoms with Crippen LogP contribution in [-0.2, 0) is 0 Å². The van der Waals surface area contributed by atoms with Gasteiger partial charge in [-0.2, -0.15) is 0 Å². The van der Waals surface area contributed by atoms with Crippen LogP contribution in [0.4, 0.5) is 0 Å². The lowest BCUT2D eigenvalue weighted by Gasteiger charge is -2.22. The van der Waals surface area contributed by atoms with Gasteiger partial charge in [0.05, 0.1) is 0 Å². The molecule has 0 aromatic carbocycles. The molecule has 0 aliphatic rings. The van der Waals surface area contributed by atoms with Crippen LogP contribution in [0, 0.1) is 0 Å². The van der Waals surface area contributed by atoms with E-state index in [0.717, 1.165) is 0 Å². The van der Waals surface area contributed by atoms with Crippen LogP contribution in [-0.4, -0.2) is 17.0 Å². The van der Waals surface area contributed by atoms with Gasteiger partial charge in [-0.1, -0.05) is 22.6 Å². The summed E-state index contributed by atoms with van der Waals surface area (Å²) < 4.78 is 1.23. The van der Waals surface area contributed by atoms with Crippen LogP contribution in [0.3, 0.4) is 0 Å². The van der Waals surface area contributed by atoms with Crippen molar-refractivity contribution in [3.8, 4) is 0 Å². The third-order valence-electron chi connectivity index (χ3n) is 1.40. The summed E-state index contributed by atoms with van der Waals surface area (Å²) in [7, 11) is 2.01. The first-order valence-electron chi connectivity index (χ1n) is 2.87. The second-order valence-electron chi connectivity index (χ2n) is 2.57.